The highest BCUT2D eigenvalue weighted by Crippen LogP contribution is 2.29. The largest absolute Gasteiger partial charge is 0.389 e. The fourth-order valence-electron chi connectivity index (χ4n) is 2.47. The van der Waals surface area contributed by atoms with Crippen LogP contribution in [0, 0.1) is 5.82 Å². The summed E-state index contributed by atoms with van der Waals surface area (Å²) in [4.78, 5) is 4.31. The topological polar surface area (TPSA) is 26.7 Å². The van der Waals surface area contributed by atoms with Crippen LogP contribution in [-0.4, -0.2) is 43.2 Å². The highest BCUT2D eigenvalue weighted by atomic mass is 19.1. The van der Waals surface area contributed by atoms with E-state index < -0.39 is 6.10 Å². The molecular weight excluding hydrogens is 231 g/mol. The van der Waals surface area contributed by atoms with Crippen molar-refractivity contribution in [1.29, 1.82) is 0 Å². The molecule has 100 valence electrons. The van der Waals surface area contributed by atoms with Gasteiger partial charge < -0.3 is 14.9 Å². The molecule has 0 saturated carbocycles. The molecule has 0 spiro atoms. The average Bonchev–Trinajstić information content (AvgIpc) is 2.53. The SMILES string of the molecule is C[C@H](O)c1cccc(F)c1N1CCCN(C)CC1. The zero-order valence-corrected chi connectivity index (χ0v) is 11.1. The Morgan fingerprint density at radius 1 is 1.22 bits per heavy atom. The second-order valence-corrected chi connectivity index (χ2v) is 5.00. The Bertz CT molecular complexity index is 409. The predicted octanol–water partition coefficient (Wildman–Crippen LogP) is 2.02. The van der Waals surface area contributed by atoms with Crippen LogP contribution in [0.15, 0.2) is 18.2 Å². The van der Waals surface area contributed by atoms with Gasteiger partial charge in [0.05, 0.1) is 11.8 Å². The number of aliphatic hydroxyl groups is 1. The quantitative estimate of drug-likeness (QED) is 0.872. The second-order valence-electron chi connectivity index (χ2n) is 5.00. The van der Waals surface area contributed by atoms with E-state index in [0.717, 1.165) is 32.6 Å². The molecule has 0 aliphatic carbocycles. The van der Waals surface area contributed by atoms with Crippen LogP contribution in [0.2, 0.25) is 0 Å². The van der Waals surface area contributed by atoms with Crippen LogP contribution in [0.25, 0.3) is 0 Å². The van der Waals surface area contributed by atoms with Crippen molar-refractivity contribution in [3.63, 3.8) is 0 Å². The Hall–Kier alpha value is -1.13. The molecule has 3 nitrogen and oxygen atoms in total. The maximum absolute atomic E-state index is 14.1. The molecule has 2 rings (SSSR count). The lowest BCUT2D eigenvalue weighted by molar-refractivity contribution is 0.199. The van der Waals surface area contributed by atoms with Gasteiger partial charge in [-0.15, -0.1) is 0 Å². The summed E-state index contributed by atoms with van der Waals surface area (Å²) in [5.41, 5.74) is 1.25. The van der Waals surface area contributed by atoms with Crippen molar-refractivity contribution in [2.45, 2.75) is 19.4 Å². The van der Waals surface area contributed by atoms with Crippen molar-refractivity contribution in [3.8, 4) is 0 Å². The highest BCUT2D eigenvalue weighted by molar-refractivity contribution is 5.56. The zero-order chi connectivity index (χ0) is 13.1. The maximum atomic E-state index is 14.1. The van der Waals surface area contributed by atoms with Crippen molar-refractivity contribution in [1.82, 2.24) is 4.90 Å². The molecule has 0 amide bonds. The summed E-state index contributed by atoms with van der Waals surface area (Å²) in [6.45, 7) is 5.28. The summed E-state index contributed by atoms with van der Waals surface area (Å²) >= 11 is 0. The smallest absolute Gasteiger partial charge is 0.146 e. The monoisotopic (exact) mass is 252 g/mol. The molecule has 0 radical (unpaired) electrons. The minimum Gasteiger partial charge on any atom is -0.389 e. The number of hydrogen-bond donors (Lipinski definition) is 1. The van der Waals surface area contributed by atoms with Gasteiger partial charge in [-0.2, -0.15) is 0 Å². The number of para-hydroxylation sites is 1. The summed E-state index contributed by atoms with van der Waals surface area (Å²) in [7, 11) is 2.08. The Morgan fingerprint density at radius 3 is 2.72 bits per heavy atom. The molecule has 0 unspecified atom stereocenters. The summed E-state index contributed by atoms with van der Waals surface area (Å²) < 4.78 is 14.1. The Kier molecular flexibility index (Phi) is 4.19. The predicted molar refractivity (Wildman–Crippen MR) is 71.4 cm³/mol. The minimum atomic E-state index is -0.642. The molecular formula is C14H21FN2O. The van der Waals surface area contributed by atoms with Gasteiger partial charge in [0.15, 0.2) is 0 Å². The second kappa shape index (κ2) is 5.67. The molecule has 0 bridgehead atoms. The van der Waals surface area contributed by atoms with E-state index >= 15 is 0 Å². The van der Waals surface area contributed by atoms with Gasteiger partial charge in [-0.1, -0.05) is 12.1 Å². The van der Waals surface area contributed by atoms with E-state index in [4.69, 9.17) is 0 Å². The molecule has 1 aliphatic heterocycles. The van der Waals surface area contributed by atoms with Crippen molar-refractivity contribution < 1.29 is 9.50 Å². The molecule has 4 heteroatoms. The van der Waals surface area contributed by atoms with Crippen molar-refractivity contribution in [3.05, 3.63) is 29.6 Å². The number of anilines is 1. The standard InChI is InChI=1S/C14H21FN2O/c1-11(18)12-5-3-6-13(15)14(12)17-8-4-7-16(2)9-10-17/h3,5-6,11,18H,4,7-10H2,1-2H3/t11-/m0/s1. The molecule has 0 aromatic heterocycles. The summed E-state index contributed by atoms with van der Waals surface area (Å²) in [6.07, 6.45) is 0.376. The molecule has 1 aromatic rings. The molecule has 1 aromatic carbocycles. The number of hydrogen-bond acceptors (Lipinski definition) is 3. The van der Waals surface area contributed by atoms with Gasteiger partial charge in [-0.3, -0.25) is 0 Å². The van der Waals surface area contributed by atoms with Crippen LogP contribution < -0.4 is 4.90 Å². The lowest BCUT2D eigenvalue weighted by atomic mass is 10.1. The highest BCUT2D eigenvalue weighted by Gasteiger charge is 2.20. The van der Waals surface area contributed by atoms with Crippen molar-refractivity contribution in [2.75, 3.05) is 38.1 Å². The molecule has 1 N–H and O–H groups in total. The van der Waals surface area contributed by atoms with Gasteiger partial charge >= 0.3 is 0 Å². The third-order valence-corrected chi connectivity index (χ3v) is 3.50. The molecule has 1 saturated heterocycles. The first-order chi connectivity index (χ1) is 8.59. The number of aliphatic hydroxyl groups excluding tert-OH is 1. The van der Waals surface area contributed by atoms with Crippen LogP contribution >= 0.6 is 0 Å². The zero-order valence-electron chi connectivity index (χ0n) is 11.1. The fourth-order valence-corrected chi connectivity index (χ4v) is 2.47. The normalized spacial score (nSPS) is 19.7. The van der Waals surface area contributed by atoms with Crippen LogP contribution in [0.4, 0.5) is 10.1 Å². The molecule has 1 fully saturated rings. The lowest BCUT2D eigenvalue weighted by Gasteiger charge is -2.26. The first kappa shape index (κ1) is 13.3. The van der Waals surface area contributed by atoms with Crippen LogP contribution in [-0.2, 0) is 0 Å². The van der Waals surface area contributed by atoms with E-state index in [2.05, 4.69) is 16.8 Å². The van der Waals surface area contributed by atoms with Gasteiger partial charge in [-0.25, -0.2) is 4.39 Å². The van der Waals surface area contributed by atoms with Crippen molar-refractivity contribution >= 4 is 5.69 Å². The molecule has 1 atom stereocenters. The van der Waals surface area contributed by atoms with E-state index in [1.54, 1.807) is 19.1 Å². The van der Waals surface area contributed by atoms with E-state index in [1.165, 1.54) is 6.07 Å². The van der Waals surface area contributed by atoms with Gasteiger partial charge in [0.1, 0.15) is 5.82 Å². The summed E-state index contributed by atoms with van der Waals surface area (Å²) in [5.74, 6) is -0.238. The Morgan fingerprint density at radius 2 is 2.00 bits per heavy atom. The Labute approximate surface area is 108 Å². The molecule has 18 heavy (non-hydrogen) atoms. The number of rotatable bonds is 2. The van der Waals surface area contributed by atoms with Gasteiger partial charge in [0, 0.05) is 25.2 Å². The Balaban J connectivity index is 2.31. The number of halogens is 1. The fraction of sp³-hybridized carbons (Fsp3) is 0.571. The van der Waals surface area contributed by atoms with E-state index in [-0.39, 0.29) is 5.82 Å². The molecule has 1 heterocycles. The molecule has 1 aliphatic rings. The van der Waals surface area contributed by atoms with Gasteiger partial charge in [0.25, 0.3) is 0 Å². The first-order valence-corrected chi connectivity index (χ1v) is 6.49. The third-order valence-electron chi connectivity index (χ3n) is 3.50. The maximum Gasteiger partial charge on any atom is 0.146 e. The minimum absolute atomic E-state index is 0.238. The summed E-state index contributed by atoms with van der Waals surface area (Å²) in [6, 6.07) is 4.93. The van der Waals surface area contributed by atoms with Crippen molar-refractivity contribution in [2.24, 2.45) is 0 Å². The van der Waals surface area contributed by atoms with Gasteiger partial charge in [-0.05, 0) is 33.0 Å². The number of benzene rings is 1. The van der Waals surface area contributed by atoms with E-state index in [1.807, 2.05) is 0 Å². The van der Waals surface area contributed by atoms with Crippen LogP contribution in [0.5, 0.6) is 0 Å². The van der Waals surface area contributed by atoms with E-state index in [9.17, 15) is 9.50 Å². The van der Waals surface area contributed by atoms with Gasteiger partial charge in [0.2, 0.25) is 0 Å². The van der Waals surface area contributed by atoms with E-state index in [0.29, 0.717) is 11.3 Å². The summed E-state index contributed by atoms with van der Waals surface area (Å²) in [5, 5.41) is 9.78. The van der Waals surface area contributed by atoms with Crippen LogP contribution in [0.1, 0.15) is 25.0 Å². The number of likely N-dealkylation sites (N-methyl/N-ethyl adjacent to an activating group) is 1. The number of nitrogens with zero attached hydrogens (tertiary/aromatic N) is 2. The first-order valence-electron chi connectivity index (χ1n) is 6.49. The lowest BCUT2D eigenvalue weighted by Crippen LogP contribution is -2.30. The van der Waals surface area contributed by atoms with Crippen LogP contribution in [0.3, 0.4) is 0 Å². The third kappa shape index (κ3) is 2.82. The average molecular weight is 252 g/mol.